The average Bonchev–Trinajstić information content (AvgIpc) is 3.00. The molecule has 0 bridgehead atoms. The molecule has 0 radical (unpaired) electrons. The van der Waals surface area contributed by atoms with Gasteiger partial charge in [0.05, 0.1) is 12.7 Å². The Hall–Kier alpha value is -0.120. The predicted octanol–water partition coefficient (Wildman–Crippen LogP) is 1.44. The van der Waals surface area contributed by atoms with Crippen molar-refractivity contribution >= 4 is 0 Å². The smallest absolute Gasteiger partial charge is 0.0538 e. The van der Waals surface area contributed by atoms with Crippen LogP contribution in [0.15, 0.2) is 0 Å². The maximum absolute atomic E-state index is 5.79. The Balaban J connectivity index is 1.72. The van der Waals surface area contributed by atoms with Crippen molar-refractivity contribution in [1.29, 1.82) is 0 Å². The van der Waals surface area contributed by atoms with Crippen LogP contribution in [0.3, 0.4) is 0 Å². The van der Waals surface area contributed by atoms with Crippen LogP contribution in [0.4, 0.5) is 0 Å². The first-order chi connectivity index (χ1) is 7.60. The van der Waals surface area contributed by atoms with Crippen LogP contribution in [0.25, 0.3) is 0 Å². The molecule has 0 aromatic rings. The second-order valence-electron chi connectivity index (χ2n) is 5.94. The Bertz CT molecular complexity index is 218. The number of nitrogens with zero attached hydrogens (tertiary/aromatic N) is 2. The molecule has 2 aliphatic rings. The molecule has 0 N–H and O–H groups in total. The zero-order valence-corrected chi connectivity index (χ0v) is 11.0. The van der Waals surface area contributed by atoms with Crippen molar-refractivity contribution in [3.63, 3.8) is 0 Å². The molecule has 0 unspecified atom stereocenters. The molecular formula is C13H26N2O. The van der Waals surface area contributed by atoms with Gasteiger partial charge in [-0.25, -0.2) is 0 Å². The molecule has 0 amide bonds. The van der Waals surface area contributed by atoms with Crippen molar-refractivity contribution in [1.82, 2.24) is 9.80 Å². The molecule has 1 heterocycles. The second kappa shape index (κ2) is 5.03. The van der Waals surface area contributed by atoms with Crippen LogP contribution in [0, 0.1) is 5.41 Å². The van der Waals surface area contributed by atoms with E-state index in [0.29, 0.717) is 11.5 Å². The fraction of sp³-hybridized carbons (Fsp3) is 1.00. The van der Waals surface area contributed by atoms with E-state index in [0.717, 1.165) is 6.61 Å². The monoisotopic (exact) mass is 226 g/mol. The largest absolute Gasteiger partial charge is 0.378 e. The van der Waals surface area contributed by atoms with E-state index >= 15 is 0 Å². The minimum absolute atomic E-state index is 0.380. The van der Waals surface area contributed by atoms with Gasteiger partial charge in [0.1, 0.15) is 0 Å². The lowest BCUT2D eigenvalue weighted by Crippen LogP contribution is -2.47. The lowest BCUT2D eigenvalue weighted by atomic mass is 10.1. The normalized spacial score (nSPS) is 26.2. The molecule has 0 aromatic carbocycles. The van der Waals surface area contributed by atoms with E-state index in [9.17, 15) is 0 Å². The van der Waals surface area contributed by atoms with Crippen molar-refractivity contribution < 1.29 is 4.74 Å². The Morgan fingerprint density at radius 3 is 2.25 bits per heavy atom. The average molecular weight is 226 g/mol. The maximum atomic E-state index is 5.79. The summed E-state index contributed by atoms with van der Waals surface area (Å²) in [6.45, 7) is 11.4. The van der Waals surface area contributed by atoms with Crippen LogP contribution in [-0.2, 0) is 4.74 Å². The fourth-order valence-electron chi connectivity index (χ4n) is 2.35. The zero-order chi connectivity index (χ0) is 11.6. The highest BCUT2D eigenvalue weighted by Crippen LogP contribution is 2.46. The standard InChI is InChI=1S/C13H26N2O/c1-12(2)16-11-13(4-5-13)10-15-8-6-14(3)7-9-15/h12H,4-11H2,1-3H3. The number of piperazine rings is 1. The summed E-state index contributed by atoms with van der Waals surface area (Å²) < 4.78 is 5.79. The van der Waals surface area contributed by atoms with Gasteiger partial charge < -0.3 is 14.5 Å². The Kier molecular flexibility index (Phi) is 3.88. The third-order valence-corrected chi connectivity index (χ3v) is 3.83. The van der Waals surface area contributed by atoms with Crippen LogP contribution in [0.2, 0.25) is 0 Å². The molecule has 1 aliphatic carbocycles. The first-order valence-corrected chi connectivity index (χ1v) is 6.62. The molecule has 94 valence electrons. The van der Waals surface area contributed by atoms with Crippen molar-refractivity contribution in [3.05, 3.63) is 0 Å². The zero-order valence-electron chi connectivity index (χ0n) is 11.0. The molecular weight excluding hydrogens is 200 g/mol. The minimum Gasteiger partial charge on any atom is -0.378 e. The highest BCUT2D eigenvalue weighted by molar-refractivity contribution is 4.96. The van der Waals surface area contributed by atoms with Crippen LogP contribution in [0.5, 0.6) is 0 Å². The molecule has 1 saturated carbocycles. The molecule has 1 aliphatic heterocycles. The molecule has 1 saturated heterocycles. The lowest BCUT2D eigenvalue weighted by molar-refractivity contribution is 0.0249. The number of hydrogen-bond acceptors (Lipinski definition) is 3. The van der Waals surface area contributed by atoms with E-state index in [1.807, 2.05) is 0 Å². The van der Waals surface area contributed by atoms with Gasteiger partial charge in [-0.1, -0.05) is 0 Å². The summed E-state index contributed by atoms with van der Waals surface area (Å²) in [5.41, 5.74) is 0.514. The molecule has 2 rings (SSSR count). The van der Waals surface area contributed by atoms with Crippen LogP contribution < -0.4 is 0 Å². The number of rotatable bonds is 5. The van der Waals surface area contributed by atoms with E-state index in [4.69, 9.17) is 4.74 Å². The highest BCUT2D eigenvalue weighted by atomic mass is 16.5. The van der Waals surface area contributed by atoms with Crippen molar-refractivity contribution in [2.75, 3.05) is 46.4 Å². The topological polar surface area (TPSA) is 15.7 Å². The van der Waals surface area contributed by atoms with Crippen molar-refractivity contribution in [3.8, 4) is 0 Å². The van der Waals surface area contributed by atoms with E-state index < -0.39 is 0 Å². The third-order valence-electron chi connectivity index (χ3n) is 3.83. The van der Waals surface area contributed by atoms with Crippen LogP contribution in [0.1, 0.15) is 26.7 Å². The summed E-state index contributed by atoms with van der Waals surface area (Å²) in [4.78, 5) is 5.04. The lowest BCUT2D eigenvalue weighted by Gasteiger charge is -2.35. The van der Waals surface area contributed by atoms with Crippen molar-refractivity contribution in [2.45, 2.75) is 32.8 Å². The van der Waals surface area contributed by atoms with E-state index in [2.05, 4.69) is 30.7 Å². The molecule has 3 nitrogen and oxygen atoms in total. The van der Waals surface area contributed by atoms with Gasteiger partial charge in [0.25, 0.3) is 0 Å². The van der Waals surface area contributed by atoms with Gasteiger partial charge in [0, 0.05) is 38.1 Å². The molecule has 16 heavy (non-hydrogen) atoms. The maximum Gasteiger partial charge on any atom is 0.0538 e. The summed E-state index contributed by atoms with van der Waals surface area (Å²) >= 11 is 0. The number of likely N-dealkylation sites (N-methyl/N-ethyl adjacent to an activating group) is 1. The Morgan fingerprint density at radius 1 is 1.12 bits per heavy atom. The van der Waals surface area contributed by atoms with Crippen LogP contribution >= 0.6 is 0 Å². The van der Waals surface area contributed by atoms with E-state index in [1.165, 1.54) is 45.6 Å². The first-order valence-electron chi connectivity index (χ1n) is 6.62. The van der Waals surface area contributed by atoms with E-state index in [-0.39, 0.29) is 0 Å². The quantitative estimate of drug-likeness (QED) is 0.705. The summed E-state index contributed by atoms with van der Waals surface area (Å²) in [5.74, 6) is 0. The second-order valence-corrected chi connectivity index (χ2v) is 5.94. The fourth-order valence-corrected chi connectivity index (χ4v) is 2.35. The molecule has 0 aromatic heterocycles. The minimum atomic E-state index is 0.380. The Morgan fingerprint density at radius 2 is 1.75 bits per heavy atom. The van der Waals surface area contributed by atoms with Gasteiger partial charge in [-0.15, -0.1) is 0 Å². The number of ether oxygens (including phenoxy) is 1. The van der Waals surface area contributed by atoms with Crippen LogP contribution in [-0.4, -0.2) is 62.3 Å². The summed E-state index contributed by atoms with van der Waals surface area (Å²) in [6.07, 6.45) is 3.11. The molecule has 3 heteroatoms. The summed E-state index contributed by atoms with van der Waals surface area (Å²) in [6, 6.07) is 0. The predicted molar refractivity (Wildman–Crippen MR) is 66.7 cm³/mol. The van der Waals surface area contributed by atoms with Gasteiger partial charge in [0.15, 0.2) is 0 Å². The molecule has 0 atom stereocenters. The molecule has 0 spiro atoms. The Labute approximate surface area is 99.7 Å². The summed E-state index contributed by atoms with van der Waals surface area (Å²) in [5, 5.41) is 0. The van der Waals surface area contributed by atoms with Gasteiger partial charge in [-0.2, -0.15) is 0 Å². The highest BCUT2D eigenvalue weighted by Gasteiger charge is 2.44. The summed E-state index contributed by atoms with van der Waals surface area (Å²) in [7, 11) is 2.21. The molecule has 2 fully saturated rings. The number of hydrogen-bond donors (Lipinski definition) is 0. The van der Waals surface area contributed by atoms with Gasteiger partial charge >= 0.3 is 0 Å². The van der Waals surface area contributed by atoms with Gasteiger partial charge in [-0.05, 0) is 33.7 Å². The van der Waals surface area contributed by atoms with Crippen molar-refractivity contribution in [2.24, 2.45) is 5.41 Å². The first kappa shape index (κ1) is 12.3. The third kappa shape index (κ3) is 3.44. The SMILES string of the molecule is CC(C)OCC1(CN2CCN(C)CC2)CC1. The van der Waals surface area contributed by atoms with Gasteiger partial charge in [0.2, 0.25) is 0 Å². The van der Waals surface area contributed by atoms with E-state index in [1.54, 1.807) is 0 Å². The van der Waals surface area contributed by atoms with Gasteiger partial charge in [-0.3, -0.25) is 0 Å².